The Morgan fingerprint density at radius 1 is 0.368 bits per heavy atom. The van der Waals surface area contributed by atoms with Crippen LogP contribution in [0.3, 0.4) is 0 Å². The van der Waals surface area contributed by atoms with Crippen LogP contribution < -0.4 is 0 Å². The lowest BCUT2D eigenvalue weighted by molar-refractivity contribution is 0.685. The second-order valence-corrected chi connectivity index (χ2v) is 10.5. The zero-order chi connectivity index (χ0) is 25.6. The molecule has 0 bridgehead atoms. The fourth-order valence-corrected chi connectivity index (χ4v) is 5.46. The van der Waals surface area contributed by atoms with E-state index in [-0.39, 0.29) is 0 Å². The van der Waals surface area contributed by atoms with Crippen LogP contribution in [0.5, 0.6) is 0 Å². The summed E-state index contributed by atoms with van der Waals surface area (Å²) >= 11 is 0. The Bertz CT molecular complexity index is 1470. The molecule has 38 heavy (non-hydrogen) atoms. The van der Waals surface area contributed by atoms with Gasteiger partial charge in [0.15, 0.2) is 0 Å². The highest BCUT2D eigenvalue weighted by Gasteiger charge is 2.09. The molecular formula is C38H32. The molecule has 4 aromatic rings. The largest absolute Gasteiger partial charge is 0.0617 e. The predicted molar refractivity (Wildman–Crippen MR) is 160 cm³/mol. The predicted octanol–water partition coefficient (Wildman–Crippen LogP) is 8.41. The Kier molecular flexibility index (Phi) is 7.24. The van der Waals surface area contributed by atoms with Gasteiger partial charge in [-0.2, -0.15) is 0 Å². The lowest BCUT2D eigenvalue weighted by Gasteiger charge is -2.15. The molecule has 0 heteroatoms. The summed E-state index contributed by atoms with van der Waals surface area (Å²) < 4.78 is 0. The molecule has 2 aliphatic rings. The molecular weight excluding hydrogens is 456 g/mol. The molecule has 0 heterocycles. The number of fused-ring (bicyclic) bond motifs is 2. The van der Waals surface area contributed by atoms with E-state index in [1.165, 1.54) is 84.7 Å². The smallest absolute Gasteiger partial charge is 0.0251 e. The highest BCUT2D eigenvalue weighted by Crippen LogP contribution is 2.23. The molecule has 4 aromatic carbocycles. The van der Waals surface area contributed by atoms with Crippen molar-refractivity contribution >= 4 is 12.2 Å². The van der Waals surface area contributed by atoms with Crippen molar-refractivity contribution in [3.05, 3.63) is 141 Å². The van der Waals surface area contributed by atoms with Crippen molar-refractivity contribution < 1.29 is 0 Å². The average molecular weight is 489 g/mol. The van der Waals surface area contributed by atoms with Gasteiger partial charge < -0.3 is 0 Å². The third-order valence-corrected chi connectivity index (χ3v) is 7.69. The lowest BCUT2D eigenvalue weighted by Crippen LogP contribution is -2.02. The summed E-state index contributed by atoms with van der Waals surface area (Å²) in [5.74, 6) is 13.4. The summed E-state index contributed by atoms with van der Waals surface area (Å²) in [5.41, 5.74) is 12.6. The molecule has 0 spiro atoms. The van der Waals surface area contributed by atoms with Crippen LogP contribution in [0, 0.1) is 23.7 Å². The number of hydrogen-bond donors (Lipinski definition) is 0. The third-order valence-electron chi connectivity index (χ3n) is 7.69. The van der Waals surface area contributed by atoms with Gasteiger partial charge in [0.05, 0.1) is 0 Å². The maximum atomic E-state index is 3.35. The Hall–Kier alpha value is -4.26. The highest BCUT2D eigenvalue weighted by atomic mass is 14.1. The first kappa shape index (κ1) is 24.1. The normalized spacial score (nSPS) is 14.0. The van der Waals surface area contributed by atoms with Crippen LogP contribution in [-0.4, -0.2) is 0 Å². The van der Waals surface area contributed by atoms with Crippen LogP contribution in [0.25, 0.3) is 12.2 Å². The minimum Gasteiger partial charge on any atom is -0.0617 e. The van der Waals surface area contributed by atoms with Gasteiger partial charge in [-0.15, -0.1) is 0 Å². The monoisotopic (exact) mass is 488 g/mol. The Balaban J connectivity index is 1.07. The SMILES string of the molecule is C(#Cc1ccc2c(c1)CCCC2)c1ccc(C=Cc2ccc(C#Cc3ccc4c(c3)CCCC4)cc2)cc1. The Morgan fingerprint density at radius 2 is 0.711 bits per heavy atom. The van der Waals surface area contributed by atoms with Gasteiger partial charge in [0, 0.05) is 22.3 Å². The standard InChI is InChI=1S/C38H32/c1-3-7-37-27-33(23-25-35(37)5-1)21-19-31-15-11-29(12-16-31)9-10-30-13-17-32(18-14-30)20-22-34-24-26-36-6-2-4-8-38(36)28-34/h9-18,23-28H,1-8H2. The maximum absolute atomic E-state index is 3.35. The molecule has 0 aromatic heterocycles. The molecule has 0 saturated heterocycles. The van der Waals surface area contributed by atoms with E-state index in [2.05, 4.69) is 121 Å². The van der Waals surface area contributed by atoms with E-state index in [4.69, 9.17) is 0 Å². The number of aryl methyl sites for hydroxylation is 4. The highest BCUT2D eigenvalue weighted by molar-refractivity contribution is 5.70. The summed E-state index contributed by atoms with van der Waals surface area (Å²) in [6.45, 7) is 0. The van der Waals surface area contributed by atoms with Gasteiger partial charge in [-0.05, 0) is 133 Å². The maximum Gasteiger partial charge on any atom is 0.0251 e. The molecule has 0 aliphatic heterocycles. The molecule has 0 atom stereocenters. The van der Waals surface area contributed by atoms with Crippen molar-refractivity contribution in [3.8, 4) is 23.7 Å². The minimum absolute atomic E-state index is 1.04. The van der Waals surface area contributed by atoms with Crippen molar-refractivity contribution in [1.82, 2.24) is 0 Å². The van der Waals surface area contributed by atoms with E-state index in [1.807, 2.05) is 0 Å². The molecule has 0 radical (unpaired) electrons. The molecule has 184 valence electrons. The second kappa shape index (κ2) is 11.4. The van der Waals surface area contributed by atoms with Gasteiger partial charge in [0.2, 0.25) is 0 Å². The molecule has 0 amide bonds. The topological polar surface area (TPSA) is 0 Å². The van der Waals surface area contributed by atoms with E-state index in [9.17, 15) is 0 Å². The molecule has 0 fully saturated rings. The molecule has 6 rings (SSSR count). The van der Waals surface area contributed by atoms with E-state index in [0.717, 1.165) is 22.3 Å². The van der Waals surface area contributed by atoms with Crippen LogP contribution in [-0.2, 0) is 25.7 Å². The number of hydrogen-bond acceptors (Lipinski definition) is 0. The van der Waals surface area contributed by atoms with E-state index >= 15 is 0 Å². The zero-order valence-corrected chi connectivity index (χ0v) is 21.9. The molecule has 0 unspecified atom stereocenters. The first-order valence-electron chi connectivity index (χ1n) is 13.9. The van der Waals surface area contributed by atoms with Crippen LogP contribution in [0.1, 0.15) is 81.3 Å². The molecule has 0 saturated carbocycles. The average Bonchev–Trinajstić information content (AvgIpc) is 2.99. The van der Waals surface area contributed by atoms with Crippen molar-refractivity contribution in [3.63, 3.8) is 0 Å². The third kappa shape index (κ3) is 5.99. The van der Waals surface area contributed by atoms with Crippen LogP contribution in [0.2, 0.25) is 0 Å². The van der Waals surface area contributed by atoms with E-state index in [0.29, 0.717) is 0 Å². The van der Waals surface area contributed by atoms with Crippen molar-refractivity contribution in [2.75, 3.05) is 0 Å². The molecule has 2 aliphatic carbocycles. The van der Waals surface area contributed by atoms with Gasteiger partial charge in [-0.25, -0.2) is 0 Å². The van der Waals surface area contributed by atoms with Crippen LogP contribution >= 0.6 is 0 Å². The van der Waals surface area contributed by atoms with Gasteiger partial charge in [0.1, 0.15) is 0 Å². The Labute approximate surface area is 227 Å². The number of rotatable bonds is 2. The van der Waals surface area contributed by atoms with Crippen LogP contribution in [0.4, 0.5) is 0 Å². The minimum atomic E-state index is 1.04. The summed E-state index contributed by atoms with van der Waals surface area (Å²) in [6, 6.07) is 30.4. The first-order chi connectivity index (χ1) is 18.8. The van der Waals surface area contributed by atoms with Gasteiger partial charge in [-0.1, -0.05) is 72.2 Å². The van der Waals surface area contributed by atoms with Gasteiger partial charge in [0.25, 0.3) is 0 Å². The fourth-order valence-electron chi connectivity index (χ4n) is 5.46. The summed E-state index contributed by atoms with van der Waals surface area (Å²) in [6.07, 6.45) is 14.3. The summed E-state index contributed by atoms with van der Waals surface area (Å²) in [7, 11) is 0. The molecule has 0 nitrogen and oxygen atoms in total. The van der Waals surface area contributed by atoms with Gasteiger partial charge >= 0.3 is 0 Å². The van der Waals surface area contributed by atoms with E-state index < -0.39 is 0 Å². The second-order valence-electron chi connectivity index (χ2n) is 10.5. The lowest BCUT2D eigenvalue weighted by atomic mass is 9.90. The zero-order valence-electron chi connectivity index (χ0n) is 21.9. The van der Waals surface area contributed by atoms with Crippen molar-refractivity contribution in [2.24, 2.45) is 0 Å². The Morgan fingerprint density at radius 3 is 1.13 bits per heavy atom. The summed E-state index contributed by atoms with van der Waals surface area (Å²) in [5, 5.41) is 0. The van der Waals surface area contributed by atoms with Crippen molar-refractivity contribution in [2.45, 2.75) is 51.4 Å². The van der Waals surface area contributed by atoms with E-state index in [1.54, 1.807) is 0 Å². The summed E-state index contributed by atoms with van der Waals surface area (Å²) in [4.78, 5) is 0. The molecule has 0 N–H and O–H groups in total. The fraction of sp³-hybridized carbons (Fsp3) is 0.211. The van der Waals surface area contributed by atoms with Crippen molar-refractivity contribution in [1.29, 1.82) is 0 Å². The number of benzene rings is 4. The first-order valence-corrected chi connectivity index (χ1v) is 13.9. The van der Waals surface area contributed by atoms with Crippen LogP contribution in [0.15, 0.2) is 84.9 Å². The van der Waals surface area contributed by atoms with Gasteiger partial charge in [-0.3, -0.25) is 0 Å². The quantitative estimate of drug-likeness (QED) is 0.196.